The number of aromatic amines is 1. The molecule has 1 aromatic heterocycles. The summed E-state index contributed by atoms with van der Waals surface area (Å²) in [7, 11) is 0. The standard InChI is InChI=1S/C19H25N3O4/c1-12(2)15(16(19(4,5)6)26-13(3)23)22-18(25)21(17(24)20-22)14-10-8-7-9-11-14/h7-11,15-16H,1H2,2-6H3,(H,20,24)/t15-,16+/m0/s1. The maximum atomic E-state index is 13.0. The quantitative estimate of drug-likeness (QED) is 0.656. The van der Waals surface area contributed by atoms with Crippen LogP contribution in [-0.2, 0) is 9.53 Å². The second-order valence-electron chi connectivity index (χ2n) is 7.43. The van der Waals surface area contributed by atoms with Gasteiger partial charge in [0.2, 0.25) is 0 Å². The fraction of sp³-hybridized carbons (Fsp3) is 0.421. The van der Waals surface area contributed by atoms with Crippen LogP contribution >= 0.6 is 0 Å². The molecule has 140 valence electrons. The summed E-state index contributed by atoms with van der Waals surface area (Å²) in [6.45, 7) is 12.7. The fourth-order valence-electron chi connectivity index (χ4n) is 2.90. The largest absolute Gasteiger partial charge is 0.459 e. The number of rotatable bonds is 5. The van der Waals surface area contributed by atoms with Crippen molar-refractivity contribution in [3.63, 3.8) is 0 Å². The van der Waals surface area contributed by atoms with Crippen molar-refractivity contribution in [1.29, 1.82) is 0 Å². The van der Waals surface area contributed by atoms with Crippen LogP contribution in [0.3, 0.4) is 0 Å². The van der Waals surface area contributed by atoms with E-state index in [-0.39, 0.29) is 0 Å². The van der Waals surface area contributed by atoms with Crippen LogP contribution in [0.15, 0.2) is 52.1 Å². The third-order valence-corrected chi connectivity index (χ3v) is 4.05. The normalized spacial score (nSPS) is 13.9. The number of hydrogen-bond acceptors (Lipinski definition) is 4. The van der Waals surface area contributed by atoms with E-state index >= 15 is 0 Å². The van der Waals surface area contributed by atoms with Crippen molar-refractivity contribution < 1.29 is 9.53 Å². The van der Waals surface area contributed by atoms with Crippen molar-refractivity contribution in [3.05, 3.63) is 63.5 Å². The molecule has 0 amide bonds. The molecule has 0 aliphatic rings. The van der Waals surface area contributed by atoms with Gasteiger partial charge in [0.05, 0.1) is 5.69 Å². The third-order valence-electron chi connectivity index (χ3n) is 4.05. The molecule has 0 unspecified atom stereocenters. The number of hydrogen-bond donors (Lipinski definition) is 1. The molecule has 0 bridgehead atoms. The van der Waals surface area contributed by atoms with E-state index in [9.17, 15) is 14.4 Å². The van der Waals surface area contributed by atoms with Gasteiger partial charge in [0.1, 0.15) is 12.1 Å². The molecular weight excluding hydrogens is 334 g/mol. The summed E-state index contributed by atoms with van der Waals surface area (Å²) in [6.07, 6.45) is -0.683. The fourth-order valence-corrected chi connectivity index (χ4v) is 2.90. The van der Waals surface area contributed by atoms with Gasteiger partial charge in [-0.2, -0.15) is 0 Å². The molecule has 0 radical (unpaired) electrons. The summed E-state index contributed by atoms with van der Waals surface area (Å²) < 4.78 is 7.75. The van der Waals surface area contributed by atoms with Crippen molar-refractivity contribution in [2.45, 2.75) is 46.8 Å². The minimum absolute atomic E-state index is 0.456. The summed E-state index contributed by atoms with van der Waals surface area (Å²) in [5, 5.41) is 2.58. The Bertz CT molecular complexity index is 913. The molecule has 0 aliphatic heterocycles. The van der Waals surface area contributed by atoms with Crippen LogP contribution in [0.2, 0.25) is 0 Å². The topological polar surface area (TPSA) is 86.1 Å². The van der Waals surface area contributed by atoms with Crippen LogP contribution in [0.1, 0.15) is 40.7 Å². The lowest BCUT2D eigenvalue weighted by molar-refractivity contribution is -0.154. The molecule has 2 rings (SSSR count). The first kappa shape index (κ1) is 19.5. The number of carbonyl (C=O) groups excluding carboxylic acids is 1. The molecule has 2 atom stereocenters. The highest BCUT2D eigenvalue weighted by Gasteiger charge is 2.38. The number of benzene rings is 1. The Morgan fingerprint density at radius 2 is 1.73 bits per heavy atom. The van der Waals surface area contributed by atoms with Gasteiger partial charge in [-0.15, -0.1) is 0 Å². The van der Waals surface area contributed by atoms with Crippen LogP contribution in [0.5, 0.6) is 0 Å². The van der Waals surface area contributed by atoms with Gasteiger partial charge in [-0.05, 0) is 19.1 Å². The lowest BCUT2D eigenvalue weighted by atomic mass is 9.82. The number of carbonyl (C=O) groups is 1. The van der Waals surface area contributed by atoms with Crippen molar-refractivity contribution in [3.8, 4) is 5.69 Å². The first-order chi connectivity index (χ1) is 12.0. The minimum atomic E-state index is -0.705. The minimum Gasteiger partial charge on any atom is -0.459 e. The summed E-state index contributed by atoms with van der Waals surface area (Å²) in [6, 6.07) is 7.92. The smallest absolute Gasteiger partial charge is 0.352 e. The van der Waals surface area contributed by atoms with Gasteiger partial charge >= 0.3 is 17.3 Å². The van der Waals surface area contributed by atoms with Crippen LogP contribution in [-0.4, -0.2) is 26.4 Å². The molecule has 2 aromatic rings. The lowest BCUT2D eigenvalue weighted by Gasteiger charge is -2.36. The summed E-state index contributed by atoms with van der Waals surface area (Å²) in [5.74, 6) is -0.464. The van der Waals surface area contributed by atoms with Gasteiger partial charge in [0.15, 0.2) is 0 Å². The van der Waals surface area contributed by atoms with Crippen molar-refractivity contribution in [2.75, 3.05) is 0 Å². The van der Waals surface area contributed by atoms with E-state index in [0.29, 0.717) is 11.3 Å². The van der Waals surface area contributed by atoms with Crippen LogP contribution in [0, 0.1) is 5.41 Å². The van der Waals surface area contributed by atoms with E-state index in [0.717, 1.165) is 4.57 Å². The highest BCUT2D eigenvalue weighted by atomic mass is 16.5. The molecule has 1 aromatic carbocycles. The molecule has 26 heavy (non-hydrogen) atoms. The number of para-hydroxylation sites is 1. The predicted molar refractivity (Wildman–Crippen MR) is 99.5 cm³/mol. The van der Waals surface area contributed by atoms with Gasteiger partial charge in [-0.3, -0.25) is 4.79 Å². The Morgan fingerprint density at radius 1 is 1.15 bits per heavy atom. The van der Waals surface area contributed by atoms with E-state index < -0.39 is 34.9 Å². The number of nitrogens with zero attached hydrogens (tertiary/aromatic N) is 2. The van der Waals surface area contributed by atoms with Crippen LogP contribution < -0.4 is 11.4 Å². The number of H-pyrrole nitrogens is 1. The molecule has 0 saturated heterocycles. The first-order valence-corrected chi connectivity index (χ1v) is 8.35. The van der Waals surface area contributed by atoms with Crippen LogP contribution in [0.4, 0.5) is 0 Å². The molecule has 0 saturated carbocycles. The Balaban J connectivity index is 2.66. The molecule has 1 heterocycles. The van der Waals surface area contributed by atoms with E-state index in [1.807, 2.05) is 20.8 Å². The van der Waals surface area contributed by atoms with Gasteiger partial charge in [0.25, 0.3) is 0 Å². The van der Waals surface area contributed by atoms with E-state index in [1.165, 1.54) is 11.6 Å². The molecule has 7 nitrogen and oxygen atoms in total. The SMILES string of the molecule is C=C(C)[C@@H]([C@@H](OC(C)=O)C(C)(C)C)n1[nH]c(=O)n(-c2ccccc2)c1=O. The number of esters is 1. The second kappa shape index (κ2) is 7.19. The zero-order chi connectivity index (χ0) is 19.6. The number of nitrogens with one attached hydrogen (secondary N) is 1. The summed E-state index contributed by atoms with van der Waals surface area (Å²) in [5.41, 5.74) is -0.550. The maximum absolute atomic E-state index is 13.0. The third kappa shape index (κ3) is 3.87. The zero-order valence-electron chi connectivity index (χ0n) is 15.8. The monoisotopic (exact) mass is 359 g/mol. The average molecular weight is 359 g/mol. The average Bonchev–Trinajstić information content (AvgIpc) is 2.80. The van der Waals surface area contributed by atoms with Gasteiger partial charge in [0, 0.05) is 12.3 Å². The molecule has 0 aliphatic carbocycles. The highest BCUT2D eigenvalue weighted by molar-refractivity contribution is 5.66. The van der Waals surface area contributed by atoms with E-state index in [4.69, 9.17) is 4.74 Å². The summed E-state index contributed by atoms with van der Waals surface area (Å²) >= 11 is 0. The van der Waals surface area contributed by atoms with Crippen molar-refractivity contribution >= 4 is 5.97 Å². The summed E-state index contributed by atoms with van der Waals surface area (Å²) in [4.78, 5) is 37.0. The van der Waals surface area contributed by atoms with Crippen molar-refractivity contribution in [2.24, 2.45) is 5.41 Å². The Morgan fingerprint density at radius 3 is 2.19 bits per heavy atom. The van der Waals surface area contributed by atoms with Gasteiger partial charge in [-0.1, -0.05) is 51.1 Å². The molecule has 7 heteroatoms. The maximum Gasteiger partial charge on any atom is 0.352 e. The van der Waals surface area contributed by atoms with Crippen LogP contribution in [0.25, 0.3) is 5.69 Å². The predicted octanol–water partition coefficient (Wildman–Crippen LogP) is 2.42. The number of ether oxygens (including phenoxy) is 1. The van der Waals surface area contributed by atoms with Crippen molar-refractivity contribution in [1.82, 2.24) is 14.3 Å². The van der Waals surface area contributed by atoms with E-state index in [1.54, 1.807) is 37.3 Å². The molecule has 0 spiro atoms. The lowest BCUT2D eigenvalue weighted by Crippen LogP contribution is -2.43. The van der Waals surface area contributed by atoms with Gasteiger partial charge < -0.3 is 4.74 Å². The van der Waals surface area contributed by atoms with E-state index in [2.05, 4.69) is 11.7 Å². The highest BCUT2D eigenvalue weighted by Crippen LogP contribution is 2.34. The second-order valence-corrected chi connectivity index (χ2v) is 7.43. The molecule has 1 N–H and O–H groups in total. The first-order valence-electron chi connectivity index (χ1n) is 8.35. The Labute approximate surface area is 151 Å². The number of aromatic nitrogens is 3. The van der Waals surface area contributed by atoms with Gasteiger partial charge in [-0.25, -0.2) is 23.9 Å². The zero-order valence-corrected chi connectivity index (χ0v) is 15.8. The Hall–Kier alpha value is -2.83. The molecule has 0 fully saturated rings. The Kier molecular flexibility index (Phi) is 5.39. The molecular formula is C19H25N3O4.